The van der Waals surface area contributed by atoms with E-state index in [1.807, 2.05) is 0 Å². The van der Waals surface area contributed by atoms with E-state index in [0.29, 0.717) is 16.8 Å². The molecule has 1 unspecified atom stereocenters. The number of ether oxygens (including phenoxy) is 3. The van der Waals surface area contributed by atoms with Gasteiger partial charge in [0.05, 0.1) is 22.6 Å². The molecular formula is C14H18BrNO6S. The number of sulfonamides is 1. The third-order valence-electron chi connectivity index (χ3n) is 3.31. The maximum absolute atomic E-state index is 12.3. The third-order valence-corrected chi connectivity index (χ3v) is 5.35. The van der Waals surface area contributed by atoms with Crippen LogP contribution in [0.15, 0.2) is 27.6 Å². The summed E-state index contributed by atoms with van der Waals surface area (Å²) in [5.74, 6) is -0.166. The number of benzene rings is 1. The summed E-state index contributed by atoms with van der Waals surface area (Å²) in [6, 6.07) is 4.31. The average Bonchev–Trinajstić information content (AvgIpc) is 3.05. The highest BCUT2D eigenvalue weighted by Gasteiger charge is 2.21. The molecule has 0 spiro atoms. The second-order valence-electron chi connectivity index (χ2n) is 4.94. The smallest absolute Gasteiger partial charge is 0.343 e. The number of hydrogen-bond donors (Lipinski definition) is 1. The SMILES string of the molecule is COC(=O)COc1ccc(S(=O)(=O)NCC2CCCO2)cc1Br. The quantitative estimate of drug-likeness (QED) is 0.687. The predicted molar refractivity (Wildman–Crippen MR) is 85.8 cm³/mol. The van der Waals surface area contributed by atoms with Gasteiger partial charge in [0.15, 0.2) is 6.61 Å². The fourth-order valence-electron chi connectivity index (χ4n) is 2.05. The van der Waals surface area contributed by atoms with Gasteiger partial charge in [-0.2, -0.15) is 0 Å². The Hall–Kier alpha value is -1.16. The fourth-order valence-corrected chi connectivity index (χ4v) is 3.79. The lowest BCUT2D eigenvalue weighted by Gasteiger charge is -2.12. The van der Waals surface area contributed by atoms with Gasteiger partial charge in [-0.25, -0.2) is 17.9 Å². The lowest BCUT2D eigenvalue weighted by atomic mass is 10.2. The van der Waals surface area contributed by atoms with Gasteiger partial charge in [-0.05, 0) is 47.0 Å². The van der Waals surface area contributed by atoms with Crippen LogP contribution in [-0.4, -0.2) is 47.4 Å². The van der Waals surface area contributed by atoms with Crippen molar-refractivity contribution in [2.45, 2.75) is 23.8 Å². The van der Waals surface area contributed by atoms with E-state index in [-0.39, 0.29) is 24.2 Å². The minimum atomic E-state index is -3.63. The van der Waals surface area contributed by atoms with Crippen LogP contribution >= 0.6 is 15.9 Å². The molecule has 1 aliphatic rings. The number of rotatable bonds is 7. The zero-order chi connectivity index (χ0) is 16.9. The van der Waals surface area contributed by atoms with E-state index in [9.17, 15) is 13.2 Å². The summed E-state index contributed by atoms with van der Waals surface area (Å²) in [6.45, 7) is 0.670. The summed E-state index contributed by atoms with van der Waals surface area (Å²) >= 11 is 3.24. The Morgan fingerprint density at radius 2 is 2.26 bits per heavy atom. The first-order valence-corrected chi connectivity index (χ1v) is 9.30. The molecule has 1 atom stereocenters. The van der Waals surface area contributed by atoms with Crippen LogP contribution in [0.4, 0.5) is 0 Å². The minimum absolute atomic E-state index is 0.0733. The van der Waals surface area contributed by atoms with Crippen molar-refractivity contribution in [2.24, 2.45) is 0 Å². The summed E-state index contributed by atoms with van der Waals surface area (Å²) in [7, 11) is -2.37. The second kappa shape index (κ2) is 8.09. The van der Waals surface area contributed by atoms with Crippen LogP contribution < -0.4 is 9.46 Å². The molecule has 128 valence electrons. The van der Waals surface area contributed by atoms with Crippen molar-refractivity contribution in [2.75, 3.05) is 26.9 Å². The zero-order valence-corrected chi connectivity index (χ0v) is 15.0. The molecule has 1 aliphatic heterocycles. The van der Waals surface area contributed by atoms with Crippen molar-refractivity contribution in [1.82, 2.24) is 4.72 Å². The van der Waals surface area contributed by atoms with Gasteiger partial charge in [0.1, 0.15) is 5.75 Å². The number of nitrogens with one attached hydrogen (secondary N) is 1. The molecule has 0 aromatic heterocycles. The highest BCUT2D eigenvalue weighted by molar-refractivity contribution is 9.10. The summed E-state index contributed by atoms with van der Waals surface area (Å²) in [6.07, 6.45) is 1.73. The van der Waals surface area contributed by atoms with Crippen molar-refractivity contribution in [3.05, 3.63) is 22.7 Å². The third kappa shape index (κ3) is 5.17. The van der Waals surface area contributed by atoms with Crippen LogP contribution in [0.5, 0.6) is 5.75 Å². The van der Waals surface area contributed by atoms with E-state index in [4.69, 9.17) is 9.47 Å². The van der Waals surface area contributed by atoms with Crippen LogP contribution in [0.2, 0.25) is 0 Å². The van der Waals surface area contributed by atoms with Crippen molar-refractivity contribution in [3.8, 4) is 5.75 Å². The Balaban J connectivity index is 2.01. The monoisotopic (exact) mass is 407 g/mol. The normalized spacial score (nSPS) is 17.9. The van der Waals surface area contributed by atoms with Crippen LogP contribution in [0.25, 0.3) is 0 Å². The van der Waals surface area contributed by atoms with Crippen LogP contribution in [-0.2, 0) is 24.3 Å². The van der Waals surface area contributed by atoms with E-state index in [0.717, 1.165) is 12.8 Å². The zero-order valence-electron chi connectivity index (χ0n) is 12.6. The maximum Gasteiger partial charge on any atom is 0.343 e. The van der Waals surface area contributed by atoms with Crippen molar-refractivity contribution < 1.29 is 27.4 Å². The molecular weight excluding hydrogens is 390 g/mol. The predicted octanol–water partition coefficient (Wildman–Crippen LogP) is 1.46. The molecule has 1 aromatic carbocycles. The van der Waals surface area contributed by atoms with Crippen molar-refractivity contribution >= 4 is 31.9 Å². The molecule has 23 heavy (non-hydrogen) atoms. The molecule has 0 radical (unpaired) electrons. The molecule has 7 nitrogen and oxygen atoms in total. The molecule has 9 heteroatoms. The van der Waals surface area contributed by atoms with Gasteiger partial charge in [-0.15, -0.1) is 0 Å². The number of carbonyl (C=O) groups is 1. The molecule has 0 aliphatic carbocycles. The highest BCUT2D eigenvalue weighted by atomic mass is 79.9. The number of carbonyl (C=O) groups excluding carboxylic acids is 1. The minimum Gasteiger partial charge on any atom is -0.481 e. The van der Waals surface area contributed by atoms with Gasteiger partial charge >= 0.3 is 5.97 Å². The van der Waals surface area contributed by atoms with E-state index < -0.39 is 16.0 Å². The number of esters is 1. The Morgan fingerprint density at radius 1 is 1.48 bits per heavy atom. The lowest BCUT2D eigenvalue weighted by Crippen LogP contribution is -2.31. The molecule has 1 heterocycles. The Morgan fingerprint density at radius 3 is 2.87 bits per heavy atom. The average molecular weight is 408 g/mol. The number of hydrogen-bond acceptors (Lipinski definition) is 6. The Bertz CT molecular complexity index is 657. The molecule has 2 rings (SSSR count). The highest BCUT2D eigenvalue weighted by Crippen LogP contribution is 2.28. The summed E-state index contributed by atoms with van der Waals surface area (Å²) in [4.78, 5) is 11.2. The number of methoxy groups -OCH3 is 1. The van der Waals surface area contributed by atoms with Crippen molar-refractivity contribution in [3.63, 3.8) is 0 Å². The van der Waals surface area contributed by atoms with Gasteiger partial charge in [-0.3, -0.25) is 0 Å². The van der Waals surface area contributed by atoms with Gasteiger partial charge < -0.3 is 14.2 Å². The first-order chi connectivity index (χ1) is 10.9. The molecule has 0 bridgehead atoms. The van der Waals surface area contributed by atoms with Crippen molar-refractivity contribution in [1.29, 1.82) is 0 Å². The largest absolute Gasteiger partial charge is 0.481 e. The van der Waals surface area contributed by atoms with Crippen LogP contribution in [0.1, 0.15) is 12.8 Å². The Kier molecular flexibility index (Phi) is 6.40. The summed E-state index contributed by atoms with van der Waals surface area (Å²) in [5, 5.41) is 0. The fraction of sp³-hybridized carbons (Fsp3) is 0.500. The van der Waals surface area contributed by atoms with Gasteiger partial charge in [0, 0.05) is 13.2 Å². The summed E-state index contributed by atoms with van der Waals surface area (Å²) < 4.78 is 42.6. The van der Waals surface area contributed by atoms with Crippen LogP contribution in [0.3, 0.4) is 0 Å². The first-order valence-electron chi connectivity index (χ1n) is 7.03. The molecule has 1 aromatic rings. The molecule has 0 amide bonds. The number of halogens is 1. The van der Waals surface area contributed by atoms with E-state index in [1.165, 1.54) is 25.3 Å². The Labute approximate surface area is 143 Å². The van der Waals surface area contributed by atoms with Gasteiger partial charge in [0.2, 0.25) is 10.0 Å². The molecule has 1 N–H and O–H groups in total. The van der Waals surface area contributed by atoms with E-state index in [1.54, 1.807) is 0 Å². The topological polar surface area (TPSA) is 90.9 Å². The van der Waals surface area contributed by atoms with E-state index >= 15 is 0 Å². The first kappa shape index (κ1) is 18.2. The van der Waals surface area contributed by atoms with Crippen LogP contribution in [0, 0.1) is 0 Å². The molecule has 1 saturated heterocycles. The molecule has 0 saturated carbocycles. The molecule has 1 fully saturated rings. The van der Waals surface area contributed by atoms with Gasteiger partial charge in [0.25, 0.3) is 0 Å². The van der Waals surface area contributed by atoms with Gasteiger partial charge in [-0.1, -0.05) is 0 Å². The maximum atomic E-state index is 12.3. The standard InChI is InChI=1S/C14H18BrNO6S/c1-20-14(17)9-22-13-5-4-11(7-12(13)15)23(18,19)16-8-10-3-2-6-21-10/h4-5,7,10,16H,2-3,6,8-9H2,1H3. The second-order valence-corrected chi connectivity index (χ2v) is 7.57. The van der Waals surface area contributed by atoms with E-state index in [2.05, 4.69) is 25.4 Å². The lowest BCUT2D eigenvalue weighted by molar-refractivity contribution is -0.142. The summed E-state index contributed by atoms with van der Waals surface area (Å²) in [5.41, 5.74) is 0.